The van der Waals surface area contributed by atoms with Crippen LogP contribution in [0.25, 0.3) is 0 Å². The molecule has 31 heavy (non-hydrogen) atoms. The van der Waals surface area contributed by atoms with Crippen molar-refractivity contribution in [2.45, 2.75) is 24.8 Å². The van der Waals surface area contributed by atoms with Gasteiger partial charge < -0.3 is 14.4 Å². The van der Waals surface area contributed by atoms with Crippen molar-refractivity contribution in [1.82, 2.24) is 0 Å². The normalized spacial score (nSPS) is 21.3. The second-order valence-corrected chi connectivity index (χ2v) is 10.8. The molecule has 0 radical (unpaired) electrons. The molecular formula is C22H24N2O5S2. The van der Waals surface area contributed by atoms with Gasteiger partial charge in [0.1, 0.15) is 17.8 Å². The average molecular weight is 461 g/mol. The summed E-state index contributed by atoms with van der Waals surface area (Å²) < 4.78 is 35.0. The number of aliphatic imine (C=N–C) groups is 1. The molecule has 0 bridgehead atoms. The van der Waals surface area contributed by atoms with Crippen molar-refractivity contribution in [1.29, 1.82) is 0 Å². The van der Waals surface area contributed by atoms with Gasteiger partial charge in [0.25, 0.3) is 0 Å². The number of rotatable bonds is 7. The zero-order valence-corrected chi connectivity index (χ0v) is 19.0. The molecule has 2 atom stereocenters. The molecule has 1 saturated heterocycles. The SMILES string of the molecule is CCOc1ccc(N(Cc2cc(C=O)ccc2OC)C2=N[C@@H]3CS(=O)(=O)C[C@@H]3S2)cc1. The topological polar surface area (TPSA) is 85.3 Å². The first-order valence-corrected chi connectivity index (χ1v) is 12.7. The number of amidine groups is 1. The highest BCUT2D eigenvalue weighted by Gasteiger charge is 2.44. The Kier molecular flexibility index (Phi) is 6.24. The molecule has 2 aromatic rings. The number of ether oxygens (including phenoxy) is 2. The fourth-order valence-electron chi connectivity index (χ4n) is 3.79. The van der Waals surface area contributed by atoms with E-state index in [2.05, 4.69) is 0 Å². The number of aldehydes is 1. The van der Waals surface area contributed by atoms with Crippen LogP contribution in [-0.2, 0) is 16.4 Å². The van der Waals surface area contributed by atoms with E-state index in [1.54, 1.807) is 25.3 Å². The lowest BCUT2D eigenvalue weighted by molar-refractivity contribution is 0.112. The van der Waals surface area contributed by atoms with Gasteiger partial charge in [-0.15, -0.1) is 0 Å². The second kappa shape index (κ2) is 8.92. The summed E-state index contributed by atoms with van der Waals surface area (Å²) in [5, 5.41) is 0.709. The molecule has 0 unspecified atom stereocenters. The molecule has 0 amide bonds. The minimum absolute atomic E-state index is 0.0617. The molecule has 0 N–H and O–H groups in total. The van der Waals surface area contributed by atoms with Gasteiger partial charge in [-0.05, 0) is 49.4 Å². The van der Waals surface area contributed by atoms with E-state index in [-0.39, 0.29) is 22.8 Å². The van der Waals surface area contributed by atoms with Gasteiger partial charge in [-0.3, -0.25) is 9.79 Å². The number of carbonyl (C=O) groups excluding carboxylic acids is 1. The fraction of sp³-hybridized carbons (Fsp3) is 0.364. The molecule has 0 aromatic heterocycles. The maximum atomic E-state index is 12.0. The molecule has 0 aliphatic carbocycles. The van der Waals surface area contributed by atoms with Crippen LogP contribution in [-0.4, -0.2) is 56.4 Å². The number of thioether (sulfide) groups is 1. The summed E-state index contributed by atoms with van der Waals surface area (Å²) in [4.78, 5) is 18.1. The molecule has 2 aliphatic rings. The Morgan fingerprint density at radius 3 is 2.61 bits per heavy atom. The maximum Gasteiger partial charge on any atom is 0.164 e. The average Bonchev–Trinajstić information content (AvgIpc) is 3.26. The van der Waals surface area contributed by atoms with Crippen LogP contribution in [0, 0.1) is 0 Å². The third-order valence-electron chi connectivity index (χ3n) is 5.26. The Labute approximate surface area is 186 Å². The molecule has 2 aromatic carbocycles. The van der Waals surface area contributed by atoms with Crippen molar-refractivity contribution in [3.8, 4) is 11.5 Å². The number of benzene rings is 2. The molecule has 0 spiro atoms. The van der Waals surface area contributed by atoms with Crippen molar-refractivity contribution >= 4 is 38.7 Å². The van der Waals surface area contributed by atoms with Gasteiger partial charge in [0.15, 0.2) is 15.0 Å². The molecule has 164 valence electrons. The van der Waals surface area contributed by atoms with E-state index in [0.29, 0.717) is 24.5 Å². The van der Waals surface area contributed by atoms with Gasteiger partial charge in [-0.25, -0.2) is 8.42 Å². The van der Waals surface area contributed by atoms with Gasteiger partial charge in [-0.1, -0.05) is 11.8 Å². The minimum Gasteiger partial charge on any atom is -0.496 e. The third kappa shape index (κ3) is 4.72. The van der Waals surface area contributed by atoms with Crippen LogP contribution in [0.1, 0.15) is 22.8 Å². The number of hydrogen-bond donors (Lipinski definition) is 0. The third-order valence-corrected chi connectivity index (χ3v) is 8.51. The fourth-order valence-corrected chi connectivity index (χ4v) is 7.58. The van der Waals surface area contributed by atoms with Crippen LogP contribution in [0.5, 0.6) is 11.5 Å². The van der Waals surface area contributed by atoms with Gasteiger partial charge in [0.05, 0.1) is 37.8 Å². The number of carbonyl (C=O) groups is 1. The molecule has 4 rings (SSSR count). The zero-order chi connectivity index (χ0) is 22.0. The van der Waals surface area contributed by atoms with E-state index in [1.165, 1.54) is 11.8 Å². The number of anilines is 1. The van der Waals surface area contributed by atoms with Gasteiger partial charge in [-0.2, -0.15) is 0 Å². The minimum atomic E-state index is -3.03. The van der Waals surface area contributed by atoms with Crippen LogP contribution >= 0.6 is 11.8 Å². The summed E-state index contributed by atoms with van der Waals surface area (Å²) in [5.74, 6) is 1.69. The Balaban J connectivity index is 1.69. The quantitative estimate of drug-likeness (QED) is 0.587. The predicted molar refractivity (Wildman–Crippen MR) is 123 cm³/mol. The van der Waals surface area contributed by atoms with Crippen molar-refractivity contribution in [2.24, 2.45) is 4.99 Å². The number of fused-ring (bicyclic) bond motifs is 1. The highest BCUT2D eigenvalue weighted by molar-refractivity contribution is 8.15. The van der Waals surface area contributed by atoms with E-state index in [4.69, 9.17) is 14.5 Å². The zero-order valence-electron chi connectivity index (χ0n) is 17.4. The summed E-state index contributed by atoms with van der Waals surface area (Å²) in [6, 6.07) is 12.8. The van der Waals surface area contributed by atoms with Crippen molar-refractivity contribution in [3.63, 3.8) is 0 Å². The van der Waals surface area contributed by atoms with Crippen LogP contribution in [0.2, 0.25) is 0 Å². The molecule has 2 aliphatic heterocycles. The first-order valence-electron chi connectivity index (χ1n) is 10.00. The molecule has 1 fully saturated rings. The summed E-state index contributed by atoms with van der Waals surface area (Å²) in [7, 11) is -1.44. The highest BCUT2D eigenvalue weighted by Crippen LogP contribution is 2.38. The van der Waals surface area contributed by atoms with Gasteiger partial charge >= 0.3 is 0 Å². The first kappa shape index (κ1) is 21.7. The Hall–Kier alpha value is -2.52. The lowest BCUT2D eigenvalue weighted by Crippen LogP contribution is -2.28. The van der Waals surface area contributed by atoms with Crippen molar-refractivity contribution < 1.29 is 22.7 Å². The summed E-state index contributed by atoms with van der Waals surface area (Å²) >= 11 is 1.50. The lowest BCUT2D eigenvalue weighted by atomic mass is 10.1. The largest absolute Gasteiger partial charge is 0.496 e. The number of sulfone groups is 1. The van der Waals surface area contributed by atoms with E-state index < -0.39 is 9.84 Å². The summed E-state index contributed by atoms with van der Waals surface area (Å²) in [5.41, 5.74) is 2.30. The number of methoxy groups -OCH3 is 1. The van der Waals surface area contributed by atoms with Gasteiger partial charge in [0.2, 0.25) is 0 Å². The molecule has 0 saturated carbocycles. The van der Waals surface area contributed by atoms with E-state index in [9.17, 15) is 13.2 Å². The summed E-state index contributed by atoms with van der Waals surface area (Å²) in [6.45, 7) is 2.94. The molecular weight excluding hydrogens is 436 g/mol. The van der Waals surface area contributed by atoms with Gasteiger partial charge in [0, 0.05) is 22.1 Å². The highest BCUT2D eigenvalue weighted by atomic mass is 32.2. The molecule has 9 heteroatoms. The standard InChI is InChI=1S/C22H24N2O5S2/c1-3-29-18-7-5-17(6-8-18)24(11-16-10-15(12-25)4-9-20(16)28-2)22-23-19-13-31(26,27)14-21(19)30-22/h4-10,12,19,21H,3,11,13-14H2,1-2H3/t19-,21+/m1/s1. The van der Waals surface area contributed by atoms with E-state index >= 15 is 0 Å². The number of hydrogen-bond acceptors (Lipinski definition) is 8. The summed E-state index contributed by atoms with van der Waals surface area (Å²) in [6.07, 6.45) is 0.807. The monoisotopic (exact) mass is 460 g/mol. The van der Waals surface area contributed by atoms with Crippen molar-refractivity contribution in [3.05, 3.63) is 53.6 Å². The van der Waals surface area contributed by atoms with E-state index in [0.717, 1.165) is 28.5 Å². The van der Waals surface area contributed by atoms with Crippen LogP contribution in [0.3, 0.4) is 0 Å². The van der Waals surface area contributed by atoms with Crippen LogP contribution < -0.4 is 14.4 Å². The first-order chi connectivity index (χ1) is 14.9. The molecule has 2 heterocycles. The Morgan fingerprint density at radius 1 is 1.19 bits per heavy atom. The number of nitrogens with zero attached hydrogens (tertiary/aromatic N) is 2. The Morgan fingerprint density at radius 2 is 1.97 bits per heavy atom. The molecule has 7 nitrogen and oxygen atoms in total. The van der Waals surface area contributed by atoms with E-state index in [1.807, 2.05) is 36.1 Å². The second-order valence-electron chi connectivity index (χ2n) is 7.41. The smallest absolute Gasteiger partial charge is 0.164 e. The maximum absolute atomic E-state index is 12.0. The van der Waals surface area contributed by atoms with Crippen LogP contribution in [0.4, 0.5) is 5.69 Å². The predicted octanol–water partition coefficient (Wildman–Crippen LogP) is 3.18. The Bertz CT molecular complexity index is 1100. The lowest BCUT2D eigenvalue weighted by Gasteiger charge is -2.26. The van der Waals surface area contributed by atoms with Crippen LogP contribution in [0.15, 0.2) is 47.5 Å². The van der Waals surface area contributed by atoms with Crippen molar-refractivity contribution in [2.75, 3.05) is 30.1 Å².